The summed E-state index contributed by atoms with van der Waals surface area (Å²) in [6.07, 6.45) is 5.67. The van der Waals surface area contributed by atoms with Gasteiger partial charge in [-0.3, -0.25) is 15.3 Å². The number of nitrogens with zero attached hydrogens (tertiary/aromatic N) is 2. The highest BCUT2D eigenvalue weighted by Crippen LogP contribution is 2.39. The Hall–Kier alpha value is -2.11. The largest absolute Gasteiger partial charge is 0.394 e. The minimum Gasteiger partial charge on any atom is -0.394 e. The molecule has 0 aromatic heterocycles. The standard InChI is InChI=1S/C15H18N2O4/c18-16(19)12-7-5-6-11(10-12)15-13-8-3-1-2-4-9-14(13)17(20)21-15/h5-7,10,13,15H,1-4,8-9H2/t13-,15+/m1/s1. The van der Waals surface area contributed by atoms with Crippen molar-refractivity contribution in [3.8, 4) is 0 Å². The van der Waals surface area contributed by atoms with Crippen LogP contribution in [0, 0.1) is 21.2 Å². The summed E-state index contributed by atoms with van der Waals surface area (Å²) in [6.45, 7) is 0. The van der Waals surface area contributed by atoms with Crippen molar-refractivity contribution in [3.63, 3.8) is 0 Å². The Bertz CT molecular complexity index is 585. The van der Waals surface area contributed by atoms with E-state index in [1.807, 2.05) is 0 Å². The highest BCUT2D eigenvalue weighted by Gasteiger charge is 2.40. The van der Waals surface area contributed by atoms with E-state index in [1.165, 1.54) is 18.6 Å². The fraction of sp³-hybridized carbons (Fsp3) is 0.533. The number of benzene rings is 1. The van der Waals surface area contributed by atoms with E-state index in [-0.39, 0.29) is 11.6 Å². The van der Waals surface area contributed by atoms with Crippen molar-refractivity contribution in [3.05, 3.63) is 45.2 Å². The third-order valence-corrected chi connectivity index (χ3v) is 4.34. The second kappa shape index (κ2) is 5.71. The summed E-state index contributed by atoms with van der Waals surface area (Å²) in [5, 5.41) is 22.9. The number of fused-ring (bicyclic) bond motifs is 1. The Morgan fingerprint density at radius 3 is 2.86 bits per heavy atom. The van der Waals surface area contributed by atoms with Gasteiger partial charge in [0.25, 0.3) is 5.69 Å². The molecule has 1 heterocycles. The first kappa shape index (κ1) is 13.9. The highest BCUT2D eigenvalue weighted by molar-refractivity contribution is 5.83. The fourth-order valence-corrected chi connectivity index (χ4v) is 3.28. The van der Waals surface area contributed by atoms with Crippen LogP contribution in [0.15, 0.2) is 24.3 Å². The zero-order chi connectivity index (χ0) is 14.8. The molecule has 2 aliphatic rings. The molecule has 1 aliphatic heterocycles. The smallest absolute Gasteiger partial charge is 0.269 e. The number of nitro groups is 1. The Balaban J connectivity index is 1.89. The van der Waals surface area contributed by atoms with Crippen molar-refractivity contribution in [2.75, 3.05) is 0 Å². The van der Waals surface area contributed by atoms with Crippen LogP contribution in [0.5, 0.6) is 0 Å². The van der Waals surface area contributed by atoms with Gasteiger partial charge in [-0.25, -0.2) is 0 Å². The molecule has 6 nitrogen and oxygen atoms in total. The normalized spacial score (nSPS) is 25.7. The van der Waals surface area contributed by atoms with Gasteiger partial charge in [0.05, 0.1) is 10.8 Å². The van der Waals surface area contributed by atoms with Crippen LogP contribution in [0.3, 0.4) is 0 Å². The Labute approximate surface area is 122 Å². The second-order valence-corrected chi connectivity index (χ2v) is 5.69. The molecule has 1 aromatic rings. The van der Waals surface area contributed by atoms with Crippen LogP contribution in [0.4, 0.5) is 5.69 Å². The molecule has 0 bridgehead atoms. The zero-order valence-corrected chi connectivity index (χ0v) is 11.7. The van der Waals surface area contributed by atoms with Crippen LogP contribution in [0.1, 0.15) is 50.2 Å². The fourth-order valence-electron chi connectivity index (χ4n) is 3.28. The van der Waals surface area contributed by atoms with Gasteiger partial charge in [0.15, 0.2) is 0 Å². The first-order chi connectivity index (χ1) is 10.2. The molecule has 2 atom stereocenters. The second-order valence-electron chi connectivity index (χ2n) is 5.69. The van der Waals surface area contributed by atoms with Crippen LogP contribution in [-0.2, 0) is 4.84 Å². The Kier molecular flexibility index (Phi) is 3.77. The summed E-state index contributed by atoms with van der Waals surface area (Å²) < 4.78 is 0. The Morgan fingerprint density at radius 1 is 1.24 bits per heavy atom. The molecule has 3 rings (SSSR count). The molecule has 1 aromatic carbocycles. The monoisotopic (exact) mass is 290 g/mol. The van der Waals surface area contributed by atoms with Gasteiger partial charge in [0.2, 0.25) is 5.71 Å². The van der Waals surface area contributed by atoms with Crippen LogP contribution in [-0.4, -0.2) is 15.5 Å². The lowest BCUT2D eigenvalue weighted by molar-refractivity contribution is -0.743. The van der Waals surface area contributed by atoms with Gasteiger partial charge < -0.3 is 4.84 Å². The predicted molar refractivity (Wildman–Crippen MR) is 76.7 cm³/mol. The lowest BCUT2D eigenvalue weighted by Crippen LogP contribution is -2.20. The first-order valence-electron chi connectivity index (χ1n) is 7.41. The molecule has 21 heavy (non-hydrogen) atoms. The summed E-state index contributed by atoms with van der Waals surface area (Å²) in [4.78, 5) is 16.6. The summed E-state index contributed by atoms with van der Waals surface area (Å²) in [5.41, 5.74) is 1.55. The molecule has 0 spiro atoms. The quantitative estimate of drug-likeness (QED) is 0.474. The highest BCUT2D eigenvalue weighted by atomic mass is 16.9. The van der Waals surface area contributed by atoms with Gasteiger partial charge in [-0.2, -0.15) is 0 Å². The lowest BCUT2D eigenvalue weighted by atomic mass is 9.83. The van der Waals surface area contributed by atoms with Crippen molar-refractivity contribution >= 4 is 11.4 Å². The first-order valence-corrected chi connectivity index (χ1v) is 7.41. The van der Waals surface area contributed by atoms with E-state index in [4.69, 9.17) is 4.84 Å². The summed E-state index contributed by atoms with van der Waals surface area (Å²) in [5.74, 6) is 0.0461. The maximum absolute atomic E-state index is 12.0. The minimum absolute atomic E-state index is 0.0350. The zero-order valence-electron chi connectivity index (χ0n) is 11.7. The summed E-state index contributed by atoms with van der Waals surface area (Å²) in [6, 6.07) is 6.41. The van der Waals surface area contributed by atoms with E-state index in [9.17, 15) is 15.3 Å². The maximum atomic E-state index is 12.0. The van der Waals surface area contributed by atoms with Crippen LogP contribution in [0.25, 0.3) is 0 Å². The summed E-state index contributed by atoms with van der Waals surface area (Å²) in [7, 11) is 0. The van der Waals surface area contributed by atoms with Crippen LogP contribution < -0.4 is 0 Å². The molecule has 1 fully saturated rings. The van der Waals surface area contributed by atoms with Gasteiger partial charge in [-0.05, 0) is 18.4 Å². The van der Waals surface area contributed by atoms with Gasteiger partial charge >= 0.3 is 0 Å². The van der Waals surface area contributed by atoms with E-state index in [1.54, 1.807) is 12.1 Å². The Morgan fingerprint density at radius 2 is 2.05 bits per heavy atom. The number of rotatable bonds is 2. The molecule has 112 valence electrons. The topological polar surface area (TPSA) is 78.4 Å². The van der Waals surface area contributed by atoms with Crippen LogP contribution in [0.2, 0.25) is 0 Å². The van der Waals surface area contributed by atoms with Crippen molar-refractivity contribution < 1.29 is 14.7 Å². The minimum atomic E-state index is -0.420. The van der Waals surface area contributed by atoms with Crippen LogP contribution >= 0.6 is 0 Å². The molecule has 0 N–H and O–H groups in total. The summed E-state index contributed by atoms with van der Waals surface area (Å²) >= 11 is 0. The molecule has 0 unspecified atom stereocenters. The molecular formula is C15H18N2O4. The van der Waals surface area contributed by atoms with Crippen molar-refractivity contribution in [1.82, 2.24) is 0 Å². The van der Waals surface area contributed by atoms with E-state index in [2.05, 4.69) is 0 Å². The molecule has 1 aliphatic carbocycles. The van der Waals surface area contributed by atoms with Crippen molar-refractivity contribution in [1.29, 1.82) is 0 Å². The van der Waals surface area contributed by atoms with E-state index in [0.29, 0.717) is 10.5 Å². The van der Waals surface area contributed by atoms with E-state index >= 15 is 0 Å². The maximum Gasteiger partial charge on any atom is 0.269 e. The van der Waals surface area contributed by atoms with Gasteiger partial charge in [0, 0.05) is 23.5 Å². The molecule has 0 amide bonds. The van der Waals surface area contributed by atoms with Gasteiger partial charge in [-0.1, -0.05) is 31.4 Å². The SMILES string of the molecule is O=[N+]([O-])c1cccc([C@@H]2O[N+]([O-])=C3CCCCCC[C@H]32)c1. The third-order valence-electron chi connectivity index (χ3n) is 4.34. The molecule has 1 saturated carbocycles. The average Bonchev–Trinajstić information content (AvgIpc) is 2.74. The van der Waals surface area contributed by atoms with Crippen molar-refractivity contribution in [2.45, 2.75) is 44.6 Å². The molecular weight excluding hydrogens is 272 g/mol. The third kappa shape index (κ3) is 2.70. The average molecular weight is 290 g/mol. The van der Waals surface area contributed by atoms with Gasteiger partial charge in [-0.15, -0.1) is 0 Å². The van der Waals surface area contributed by atoms with Crippen molar-refractivity contribution in [2.24, 2.45) is 5.92 Å². The lowest BCUT2D eigenvalue weighted by Gasteiger charge is -2.20. The van der Waals surface area contributed by atoms with Gasteiger partial charge in [0.1, 0.15) is 6.10 Å². The number of hydrogen-bond donors (Lipinski definition) is 0. The molecule has 6 heteroatoms. The number of nitro benzene ring substituents is 1. The molecule has 0 saturated heterocycles. The number of hydrogen-bond acceptors (Lipinski definition) is 4. The van der Waals surface area contributed by atoms with E-state index < -0.39 is 11.0 Å². The molecule has 0 radical (unpaired) electrons. The predicted octanol–water partition coefficient (Wildman–Crippen LogP) is 3.50. The van der Waals surface area contributed by atoms with E-state index in [0.717, 1.165) is 37.8 Å². The number of non-ortho nitro benzene ring substituents is 1.